The van der Waals surface area contributed by atoms with Crippen molar-refractivity contribution in [1.29, 1.82) is 0 Å². The first kappa shape index (κ1) is 19.5. The summed E-state index contributed by atoms with van der Waals surface area (Å²) in [5.41, 5.74) is 0. The van der Waals surface area contributed by atoms with Gasteiger partial charge < -0.3 is 10.1 Å². The molecule has 6 nitrogen and oxygen atoms in total. The SMILES string of the molecule is O=C(COc1ccc(Cl)cc1)NCCNS(=O)(=O)c1ccc(Cl)cc1. The van der Waals surface area contributed by atoms with Gasteiger partial charge in [-0.1, -0.05) is 23.2 Å². The molecule has 0 saturated heterocycles. The highest BCUT2D eigenvalue weighted by Crippen LogP contribution is 2.15. The van der Waals surface area contributed by atoms with Gasteiger partial charge in [0.25, 0.3) is 5.91 Å². The Morgan fingerprint density at radius 3 is 2.08 bits per heavy atom. The number of benzene rings is 2. The highest BCUT2D eigenvalue weighted by atomic mass is 35.5. The molecule has 2 N–H and O–H groups in total. The van der Waals surface area contributed by atoms with Crippen LogP contribution in [0.15, 0.2) is 53.4 Å². The number of carbonyl (C=O) groups is 1. The monoisotopic (exact) mass is 402 g/mol. The maximum atomic E-state index is 12.0. The third-order valence-electron chi connectivity index (χ3n) is 3.05. The summed E-state index contributed by atoms with van der Waals surface area (Å²) in [7, 11) is -3.64. The van der Waals surface area contributed by atoms with E-state index < -0.39 is 10.0 Å². The Morgan fingerprint density at radius 1 is 0.920 bits per heavy atom. The second-order valence-corrected chi connectivity index (χ2v) is 7.58. The van der Waals surface area contributed by atoms with Crippen LogP contribution in [0.1, 0.15) is 0 Å². The molecule has 0 unspecified atom stereocenters. The van der Waals surface area contributed by atoms with Crippen LogP contribution in [0.5, 0.6) is 5.75 Å². The number of sulfonamides is 1. The van der Waals surface area contributed by atoms with Crippen molar-refractivity contribution in [3.8, 4) is 5.75 Å². The molecule has 0 aromatic heterocycles. The van der Waals surface area contributed by atoms with Crippen LogP contribution < -0.4 is 14.8 Å². The number of nitrogens with one attached hydrogen (secondary N) is 2. The predicted octanol–water partition coefficient (Wildman–Crippen LogP) is 2.47. The van der Waals surface area contributed by atoms with E-state index in [0.29, 0.717) is 15.8 Å². The first-order valence-corrected chi connectivity index (χ1v) is 9.51. The Labute approximate surface area is 156 Å². The second-order valence-electron chi connectivity index (χ2n) is 4.94. The van der Waals surface area contributed by atoms with Gasteiger partial charge in [-0.15, -0.1) is 0 Å². The number of hydrogen-bond donors (Lipinski definition) is 2. The van der Waals surface area contributed by atoms with E-state index in [4.69, 9.17) is 27.9 Å². The number of rotatable bonds is 8. The van der Waals surface area contributed by atoms with Gasteiger partial charge in [0.1, 0.15) is 5.75 Å². The largest absolute Gasteiger partial charge is 0.484 e. The lowest BCUT2D eigenvalue weighted by Gasteiger charge is -2.09. The fourth-order valence-corrected chi connectivity index (χ4v) is 3.10. The molecule has 0 spiro atoms. The standard InChI is InChI=1S/C16H16Cl2N2O4S/c17-12-1-5-14(6-2-12)24-11-16(21)19-9-10-20-25(22,23)15-7-3-13(18)4-8-15/h1-8,20H,9-11H2,(H,19,21). The molecule has 0 bridgehead atoms. The first-order chi connectivity index (χ1) is 11.9. The van der Waals surface area contributed by atoms with Gasteiger partial charge in [-0.2, -0.15) is 0 Å². The van der Waals surface area contributed by atoms with Crippen LogP contribution in [0.4, 0.5) is 0 Å². The summed E-state index contributed by atoms with van der Waals surface area (Å²) in [5.74, 6) is 0.156. The van der Waals surface area contributed by atoms with Gasteiger partial charge in [0.2, 0.25) is 10.0 Å². The second kappa shape index (κ2) is 9.05. The molecule has 0 saturated carbocycles. The number of halogens is 2. The molecule has 0 radical (unpaired) electrons. The van der Waals surface area contributed by atoms with Gasteiger partial charge in [0.15, 0.2) is 6.61 Å². The van der Waals surface area contributed by atoms with Crippen LogP contribution in [-0.4, -0.2) is 34.0 Å². The molecule has 0 atom stereocenters. The normalized spacial score (nSPS) is 11.1. The molecule has 0 aliphatic rings. The van der Waals surface area contributed by atoms with Crippen molar-refractivity contribution >= 4 is 39.1 Å². The van der Waals surface area contributed by atoms with E-state index in [0.717, 1.165) is 0 Å². The van der Waals surface area contributed by atoms with E-state index in [1.807, 2.05) is 0 Å². The van der Waals surface area contributed by atoms with E-state index >= 15 is 0 Å². The highest BCUT2D eigenvalue weighted by molar-refractivity contribution is 7.89. The summed E-state index contributed by atoms with van der Waals surface area (Å²) in [6.07, 6.45) is 0. The minimum atomic E-state index is -3.64. The minimum absolute atomic E-state index is 0.0532. The fourth-order valence-electron chi connectivity index (χ4n) is 1.82. The van der Waals surface area contributed by atoms with E-state index in [9.17, 15) is 13.2 Å². The van der Waals surface area contributed by atoms with Crippen molar-refractivity contribution in [3.05, 3.63) is 58.6 Å². The Hall–Kier alpha value is -1.80. The maximum Gasteiger partial charge on any atom is 0.257 e. The topological polar surface area (TPSA) is 84.5 Å². The lowest BCUT2D eigenvalue weighted by molar-refractivity contribution is -0.123. The molecule has 134 valence electrons. The summed E-state index contributed by atoms with van der Waals surface area (Å²) in [5, 5.41) is 3.58. The van der Waals surface area contributed by atoms with Crippen molar-refractivity contribution in [1.82, 2.24) is 10.0 Å². The average Bonchev–Trinajstić information content (AvgIpc) is 2.59. The lowest BCUT2D eigenvalue weighted by atomic mass is 10.3. The number of carbonyl (C=O) groups excluding carboxylic acids is 1. The first-order valence-electron chi connectivity index (χ1n) is 7.27. The molecule has 9 heteroatoms. The van der Waals surface area contributed by atoms with Gasteiger partial charge in [-0.25, -0.2) is 13.1 Å². The molecule has 2 aromatic rings. The van der Waals surface area contributed by atoms with Crippen molar-refractivity contribution in [3.63, 3.8) is 0 Å². The van der Waals surface area contributed by atoms with Crippen LogP contribution in [0.3, 0.4) is 0 Å². The average molecular weight is 403 g/mol. The number of amides is 1. The van der Waals surface area contributed by atoms with E-state index in [1.54, 1.807) is 24.3 Å². The smallest absolute Gasteiger partial charge is 0.257 e. The van der Waals surface area contributed by atoms with Crippen molar-refractivity contribution < 1.29 is 17.9 Å². The Morgan fingerprint density at radius 2 is 1.48 bits per heavy atom. The van der Waals surface area contributed by atoms with Crippen molar-refractivity contribution in [2.24, 2.45) is 0 Å². The molecular weight excluding hydrogens is 387 g/mol. The zero-order valence-corrected chi connectivity index (χ0v) is 15.4. The number of hydrogen-bond acceptors (Lipinski definition) is 4. The van der Waals surface area contributed by atoms with Gasteiger partial charge >= 0.3 is 0 Å². The third-order valence-corrected chi connectivity index (χ3v) is 5.03. The quantitative estimate of drug-likeness (QED) is 0.664. The van der Waals surface area contributed by atoms with Gasteiger partial charge in [0.05, 0.1) is 4.90 Å². The van der Waals surface area contributed by atoms with Crippen LogP contribution in [0, 0.1) is 0 Å². The van der Waals surface area contributed by atoms with Gasteiger partial charge in [0, 0.05) is 23.1 Å². The Kier molecular flexibility index (Phi) is 7.07. The zero-order chi connectivity index (χ0) is 18.3. The molecule has 1 amide bonds. The van der Waals surface area contributed by atoms with Crippen LogP contribution >= 0.6 is 23.2 Å². The Bertz CT molecular complexity index is 809. The fraction of sp³-hybridized carbons (Fsp3) is 0.188. The molecular formula is C16H16Cl2N2O4S. The van der Waals surface area contributed by atoms with E-state index in [2.05, 4.69) is 10.0 Å². The van der Waals surface area contributed by atoms with E-state index in [-0.39, 0.29) is 30.5 Å². The molecule has 0 aliphatic heterocycles. The van der Waals surface area contributed by atoms with Crippen LogP contribution in [0.25, 0.3) is 0 Å². The molecule has 0 fully saturated rings. The summed E-state index contributed by atoms with van der Waals surface area (Å²) in [6, 6.07) is 12.4. The lowest BCUT2D eigenvalue weighted by Crippen LogP contribution is -2.36. The summed E-state index contributed by atoms with van der Waals surface area (Å²) in [4.78, 5) is 11.8. The Balaban J connectivity index is 1.70. The van der Waals surface area contributed by atoms with Crippen molar-refractivity contribution in [2.45, 2.75) is 4.90 Å². The highest BCUT2D eigenvalue weighted by Gasteiger charge is 2.13. The molecule has 2 aromatic carbocycles. The maximum absolute atomic E-state index is 12.0. The third kappa shape index (κ3) is 6.55. The van der Waals surface area contributed by atoms with Crippen LogP contribution in [0.2, 0.25) is 10.0 Å². The van der Waals surface area contributed by atoms with E-state index in [1.165, 1.54) is 24.3 Å². The summed E-state index contributed by atoms with van der Waals surface area (Å²) >= 11 is 11.5. The molecule has 25 heavy (non-hydrogen) atoms. The van der Waals surface area contributed by atoms with Gasteiger partial charge in [-0.05, 0) is 48.5 Å². The number of ether oxygens (including phenoxy) is 1. The molecule has 2 rings (SSSR count). The predicted molar refractivity (Wildman–Crippen MR) is 96.6 cm³/mol. The summed E-state index contributed by atoms with van der Waals surface area (Å²) < 4.78 is 31.7. The molecule has 0 heterocycles. The molecule has 0 aliphatic carbocycles. The van der Waals surface area contributed by atoms with Crippen molar-refractivity contribution in [2.75, 3.05) is 19.7 Å². The summed E-state index contributed by atoms with van der Waals surface area (Å²) in [6.45, 7) is 0.0127. The minimum Gasteiger partial charge on any atom is -0.484 e. The zero-order valence-electron chi connectivity index (χ0n) is 13.0. The van der Waals surface area contributed by atoms with Gasteiger partial charge in [-0.3, -0.25) is 4.79 Å². The van der Waals surface area contributed by atoms with Crippen LogP contribution in [-0.2, 0) is 14.8 Å².